The SMILES string of the molecule is N#CC1(NC(=O)CSc2nnc(-c3ccccc3Cl)n2-c2ccccc2F)CCCC1. The van der Waals surface area contributed by atoms with Crippen LogP contribution in [0.1, 0.15) is 25.7 Å². The maximum atomic E-state index is 14.7. The minimum atomic E-state index is -0.792. The number of para-hydroxylation sites is 1. The lowest BCUT2D eigenvalue weighted by molar-refractivity contribution is -0.119. The summed E-state index contributed by atoms with van der Waals surface area (Å²) in [6.45, 7) is 0. The lowest BCUT2D eigenvalue weighted by Gasteiger charge is -2.21. The third-order valence-electron chi connectivity index (χ3n) is 5.22. The Morgan fingerprint density at radius 2 is 1.90 bits per heavy atom. The van der Waals surface area contributed by atoms with E-state index in [4.69, 9.17) is 11.6 Å². The quantitative estimate of drug-likeness (QED) is 0.541. The van der Waals surface area contributed by atoms with Gasteiger partial charge in [-0.05, 0) is 49.9 Å². The number of hydrogen-bond acceptors (Lipinski definition) is 5. The molecule has 1 heterocycles. The number of aromatic nitrogens is 3. The third-order valence-corrected chi connectivity index (χ3v) is 6.48. The first kappa shape index (κ1) is 21.3. The largest absolute Gasteiger partial charge is 0.337 e. The van der Waals surface area contributed by atoms with Gasteiger partial charge in [-0.25, -0.2) is 4.39 Å². The Labute approximate surface area is 188 Å². The average molecular weight is 456 g/mol. The van der Waals surface area contributed by atoms with E-state index in [0.717, 1.165) is 24.6 Å². The zero-order valence-electron chi connectivity index (χ0n) is 16.5. The smallest absolute Gasteiger partial charge is 0.231 e. The van der Waals surface area contributed by atoms with Crippen LogP contribution in [-0.2, 0) is 4.79 Å². The molecular formula is C22H19ClFN5OS. The number of thioether (sulfide) groups is 1. The van der Waals surface area contributed by atoms with Crippen molar-refractivity contribution >= 4 is 29.3 Å². The van der Waals surface area contributed by atoms with Gasteiger partial charge in [-0.1, -0.05) is 47.6 Å². The fourth-order valence-corrected chi connectivity index (χ4v) is 4.67. The highest BCUT2D eigenvalue weighted by atomic mass is 35.5. The maximum Gasteiger partial charge on any atom is 0.231 e. The van der Waals surface area contributed by atoms with Gasteiger partial charge >= 0.3 is 0 Å². The molecule has 9 heteroatoms. The standard InChI is InChI=1S/C22H19ClFN5OS/c23-16-8-2-1-7-15(16)20-27-28-21(29(20)18-10-4-3-9-17(18)24)31-13-19(30)26-22(14-25)11-5-6-12-22/h1-4,7-10H,5-6,11-13H2,(H,26,30). The van der Waals surface area contributed by atoms with Gasteiger partial charge in [0.05, 0.1) is 22.5 Å². The molecule has 0 bridgehead atoms. The molecule has 1 aliphatic rings. The fraction of sp³-hybridized carbons (Fsp3) is 0.273. The summed E-state index contributed by atoms with van der Waals surface area (Å²) in [6.07, 6.45) is 3.15. The lowest BCUT2D eigenvalue weighted by Crippen LogP contribution is -2.45. The van der Waals surface area contributed by atoms with Crippen LogP contribution in [0.5, 0.6) is 0 Å². The molecule has 1 aliphatic carbocycles. The molecule has 3 aromatic rings. The monoisotopic (exact) mass is 455 g/mol. The van der Waals surface area contributed by atoms with Crippen molar-refractivity contribution in [1.29, 1.82) is 5.26 Å². The summed E-state index contributed by atoms with van der Waals surface area (Å²) in [5.74, 6) is -0.312. The molecule has 0 radical (unpaired) electrons. The van der Waals surface area contributed by atoms with Crippen LogP contribution in [0.25, 0.3) is 17.1 Å². The number of halogens is 2. The van der Waals surface area contributed by atoms with Gasteiger partial charge in [-0.15, -0.1) is 10.2 Å². The zero-order chi connectivity index (χ0) is 21.8. The van der Waals surface area contributed by atoms with Gasteiger partial charge < -0.3 is 5.32 Å². The molecule has 4 rings (SSSR count). The van der Waals surface area contributed by atoms with E-state index in [1.807, 2.05) is 6.07 Å². The molecule has 1 N–H and O–H groups in total. The minimum Gasteiger partial charge on any atom is -0.337 e. The Bertz CT molecular complexity index is 1150. The first-order chi connectivity index (χ1) is 15.0. The Hall–Kier alpha value is -2.89. The summed E-state index contributed by atoms with van der Waals surface area (Å²) < 4.78 is 16.2. The van der Waals surface area contributed by atoms with Crippen LogP contribution >= 0.6 is 23.4 Å². The van der Waals surface area contributed by atoms with Crippen molar-refractivity contribution in [3.8, 4) is 23.1 Å². The number of nitriles is 1. The Morgan fingerprint density at radius 1 is 1.19 bits per heavy atom. The number of nitrogens with zero attached hydrogens (tertiary/aromatic N) is 4. The van der Waals surface area contributed by atoms with E-state index in [1.165, 1.54) is 6.07 Å². The molecule has 2 aromatic carbocycles. The highest BCUT2D eigenvalue weighted by molar-refractivity contribution is 7.99. The molecule has 1 amide bonds. The van der Waals surface area contributed by atoms with Crippen molar-refractivity contribution in [2.45, 2.75) is 36.4 Å². The van der Waals surface area contributed by atoms with Gasteiger partial charge in [0, 0.05) is 5.56 Å². The van der Waals surface area contributed by atoms with Crippen molar-refractivity contribution < 1.29 is 9.18 Å². The molecule has 1 aromatic heterocycles. The summed E-state index contributed by atoms with van der Waals surface area (Å²) in [5, 5.41) is 21.6. The van der Waals surface area contributed by atoms with Gasteiger partial charge in [0.2, 0.25) is 5.91 Å². The highest BCUT2D eigenvalue weighted by Crippen LogP contribution is 2.33. The molecule has 0 saturated heterocycles. The highest BCUT2D eigenvalue weighted by Gasteiger charge is 2.35. The summed E-state index contributed by atoms with van der Waals surface area (Å²) in [5.41, 5.74) is 0.0692. The van der Waals surface area contributed by atoms with Crippen LogP contribution < -0.4 is 5.32 Å². The van der Waals surface area contributed by atoms with E-state index in [0.29, 0.717) is 34.4 Å². The van der Waals surface area contributed by atoms with Crippen molar-refractivity contribution in [3.63, 3.8) is 0 Å². The molecule has 6 nitrogen and oxygen atoms in total. The van der Waals surface area contributed by atoms with Gasteiger partial charge in [0.1, 0.15) is 11.4 Å². The van der Waals surface area contributed by atoms with Crippen LogP contribution in [0.4, 0.5) is 4.39 Å². The number of rotatable bonds is 6. The molecule has 0 aliphatic heterocycles. The van der Waals surface area contributed by atoms with Crippen molar-refractivity contribution in [1.82, 2.24) is 20.1 Å². The van der Waals surface area contributed by atoms with Crippen LogP contribution in [0, 0.1) is 17.1 Å². The second-order valence-electron chi connectivity index (χ2n) is 7.31. The van der Waals surface area contributed by atoms with Gasteiger partial charge in [0.15, 0.2) is 11.0 Å². The van der Waals surface area contributed by atoms with Crippen LogP contribution in [-0.4, -0.2) is 32.0 Å². The number of hydrogen-bond donors (Lipinski definition) is 1. The Morgan fingerprint density at radius 3 is 2.61 bits per heavy atom. The average Bonchev–Trinajstić information content (AvgIpc) is 3.41. The second-order valence-corrected chi connectivity index (χ2v) is 8.66. The minimum absolute atomic E-state index is 0.0263. The van der Waals surface area contributed by atoms with E-state index in [1.54, 1.807) is 41.0 Å². The molecule has 1 fully saturated rings. The topological polar surface area (TPSA) is 83.6 Å². The Balaban J connectivity index is 1.64. The normalized spacial score (nSPS) is 14.9. The molecular weight excluding hydrogens is 437 g/mol. The molecule has 1 saturated carbocycles. The van der Waals surface area contributed by atoms with Gasteiger partial charge in [0.25, 0.3) is 0 Å². The van der Waals surface area contributed by atoms with E-state index >= 15 is 0 Å². The van der Waals surface area contributed by atoms with Crippen LogP contribution in [0.15, 0.2) is 53.7 Å². The number of nitrogens with one attached hydrogen (secondary N) is 1. The van der Waals surface area contributed by atoms with E-state index in [-0.39, 0.29) is 17.3 Å². The van der Waals surface area contributed by atoms with Gasteiger partial charge in [-0.2, -0.15) is 5.26 Å². The second kappa shape index (κ2) is 9.08. The van der Waals surface area contributed by atoms with Gasteiger partial charge in [-0.3, -0.25) is 9.36 Å². The van der Waals surface area contributed by atoms with Crippen molar-refractivity contribution in [3.05, 3.63) is 59.4 Å². The zero-order valence-corrected chi connectivity index (χ0v) is 18.1. The molecule has 0 spiro atoms. The van der Waals surface area contributed by atoms with Crippen LogP contribution in [0.3, 0.4) is 0 Å². The first-order valence-electron chi connectivity index (χ1n) is 9.83. The lowest BCUT2D eigenvalue weighted by atomic mass is 10.0. The number of carbonyl (C=O) groups excluding carboxylic acids is 1. The fourth-order valence-electron chi connectivity index (χ4n) is 3.71. The maximum absolute atomic E-state index is 14.7. The van der Waals surface area contributed by atoms with E-state index < -0.39 is 11.4 Å². The Kier molecular flexibility index (Phi) is 6.25. The summed E-state index contributed by atoms with van der Waals surface area (Å²) >= 11 is 7.48. The summed E-state index contributed by atoms with van der Waals surface area (Å²) in [4.78, 5) is 12.5. The number of carbonyl (C=O) groups is 1. The third kappa shape index (κ3) is 4.43. The van der Waals surface area contributed by atoms with E-state index in [2.05, 4.69) is 21.6 Å². The number of amides is 1. The molecule has 158 valence electrons. The predicted molar refractivity (Wildman–Crippen MR) is 117 cm³/mol. The first-order valence-corrected chi connectivity index (χ1v) is 11.2. The van der Waals surface area contributed by atoms with Crippen molar-refractivity contribution in [2.75, 3.05) is 5.75 Å². The number of benzene rings is 2. The summed E-state index contributed by atoms with van der Waals surface area (Å²) in [6, 6.07) is 15.6. The van der Waals surface area contributed by atoms with Crippen molar-refractivity contribution in [2.24, 2.45) is 0 Å². The summed E-state index contributed by atoms with van der Waals surface area (Å²) in [7, 11) is 0. The molecule has 31 heavy (non-hydrogen) atoms. The molecule has 0 unspecified atom stereocenters. The van der Waals surface area contributed by atoms with E-state index in [9.17, 15) is 14.4 Å². The predicted octanol–water partition coefficient (Wildman–Crippen LogP) is 4.77. The molecule has 0 atom stereocenters. The van der Waals surface area contributed by atoms with Crippen LogP contribution in [0.2, 0.25) is 5.02 Å².